The molecule has 0 aromatic rings. The second-order valence-electron chi connectivity index (χ2n) is 16.2. The Kier molecular flexibility index (Phi) is 6.89. The van der Waals surface area contributed by atoms with E-state index in [-0.39, 0.29) is 63.4 Å². The number of fused-ring (bicyclic) bond motifs is 7. The fourth-order valence-corrected chi connectivity index (χ4v) is 11.2. The lowest BCUT2D eigenvalue weighted by atomic mass is 9.33. The van der Waals surface area contributed by atoms with Crippen molar-refractivity contribution in [1.29, 1.82) is 0 Å². The van der Waals surface area contributed by atoms with E-state index in [1.54, 1.807) is 0 Å². The molecule has 1 amide bonds. The Bertz CT molecular complexity index is 1240. The molecule has 0 saturated heterocycles. The fourth-order valence-electron chi connectivity index (χ4n) is 10.9. The van der Waals surface area contributed by atoms with Crippen LogP contribution in [0.5, 0.6) is 0 Å². The van der Waals surface area contributed by atoms with Gasteiger partial charge in [-0.3, -0.25) is 9.59 Å². The molecular weight excluding hydrogens is 524 g/mol. The van der Waals surface area contributed by atoms with Gasteiger partial charge in [0.25, 0.3) is 0 Å². The molecule has 0 heterocycles. The third-order valence-electron chi connectivity index (χ3n) is 13.7. The SMILES string of the molecule is CC1(C)C2CC[C@]3(C)[C@H](C(=O)C=C4[C@@H]5C[C@@](C)(C(N)=O)CC[C@]5(C)CC[C@]43C)[C@@]2(C)CC[C@@H]1OCNS(C)(=O)=O. The van der Waals surface area contributed by atoms with Crippen LogP contribution in [0, 0.1) is 50.2 Å². The second kappa shape index (κ2) is 9.12. The summed E-state index contributed by atoms with van der Waals surface area (Å²) in [7, 11) is -3.32. The summed E-state index contributed by atoms with van der Waals surface area (Å²) in [6, 6.07) is 0. The first kappa shape index (κ1) is 30.2. The Labute approximate surface area is 241 Å². The number of ketones is 1. The topological polar surface area (TPSA) is 116 Å². The predicted octanol–water partition coefficient (Wildman–Crippen LogP) is 5.34. The van der Waals surface area contributed by atoms with Gasteiger partial charge in [-0.2, -0.15) is 4.72 Å². The first-order valence-corrected chi connectivity index (χ1v) is 17.2. The van der Waals surface area contributed by atoms with Gasteiger partial charge >= 0.3 is 0 Å². The Morgan fingerprint density at radius 3 is 2.27 bits per heavy atom. The van der Waals surface area contributed by atoms with Gasteiger partial charge in [-0.1, -0.05) is 54.0 Å². The van der Waals surface area contributed by atoms with Crippen molar-refractivity contribution in [2.45, 2.75) is 112 Å². The highest BCUT2D eigenvalue weighted by atomic mass is 32.2. The van der Waals surface area contributed by atoms with Gasteiger partial charge in [0.15, 0.2) is 5.78 Å². The molecule has 9 atom stereocenters. The number of nitrogens with one attached hydrogen (secondary N) is 1. The van der Waals surface area contributed by atoms with Crippen LogP contribution >= 0.6 is 0 Å². The van der Waals surface area contributed by atoms with Crippen LogP contribution in [-0.4, -0.2) is 39.2 Å². The molecule has 40 heavy (non-hydrogen) atoms. The molecule has 5 aliphatic carbocycles. The quantitative estimate of drug-likeness (QED) is 0.429. The van der Waals surface area contributed by atoms with Gasteiger partial charge in [0.05, 0.1) is 12.4 Å². The van der Waals surface area contributed by atoms with Gasteiger partial charge in [-0.15, -0.1) is 0 Å². The maximum absolute atomic E-state index is 14.5. The molecule has 3 N–H and O–H groups in total. The Balaban J connectivity index is 1.50. The minimum atomic E-state index is -3.32. The van der Waals surface area contributed by atoms with Crippen molar-refractivity contribution in [3.8, 4) is 0 Å². The molecule has 0 aromatic carbocycles. The lowest BCUT2D eigenvalue weighted by Gasteiger charge is -2.70. The second-order valence-corrected chi connectivity index (χ2v) is 18.0. The van der Waals surface area contributed by atoms with E-state index in [0.29, 0.717) is 5.92 Å². The molecule has 5 rings (SSSR count). The van der Waals surface area contributed by atoms with Gasteiger partial charge < -0.3 is 10.5 Å². The highest BCUT2D eigenvalue weighted by Gasteiger charge is 2.70. The lowest BCUT2D eigenvalue weighted by molar-refractivity contribution is -0.209. The van der Waals surface area contributed by atoms with Crippen LogP contribution in [0.15, 0.2) is 11.6 Å². The normalized spacial score (nSPS) is 48.2. The first-order chi connectivity index (χ1) is 18.2. The predicted molar refractivity (Wildman–Crippen MR) is 156 cm³/mol. The monoisotopic (exact) mass is 576 g/mol. The number of carbonyl (C=O) groups excluding carboxylic acids is 2. The van der Waals surface area contributed by atoms with E-state index in [0.717, 1.165) is 64.0 Å². The van der Waals surface area contributed by atoms with E-state index in [2.05, 4.69) is 46.3 Å². The van der Waals surface area contributed by atoms with Gasteiger partial charge in [0, 0.05) is 11.3 Å². The number of rotatable bonds is 5. The standard InChI is InChI=1S/C32H52N2O5S/c1-27(2)23-9-12-32(7)25(30(23,5)11-10-24(27)39-19-34-40(8,37)38)22(35)17-20-21-18-29(4,26(33)36)14-13-28(21,3)15-16-31(20,32)6/h17,21,23-25,34H,9-16,18-19H2,1-8H3,(H2,33,36)/t21-,23?,24-,25+,28+,29-,30-,31+,32+/m0/s1. The van der Waals surface area contributed by atoms with Crippen LogP contribution in [0.2, 0.25) is 0 Å². The highest BCUT2D eigenvalue weighted by Crippen LogP contribution is 2.75. The number of ether oxygens (including phenoxy) is 1. The van der Waals surface area contributed by atoms with E-state index in [9.17, 15) is 18.0 Å². The number of nitrogens with two attached hydrogens (primary N) is 1. The third kappa shape index (κ3) is 4.20. The van der Waals surface area contributed by atoms with Crippen LogP contribution in [-0.2, 0) is 24.3 Å². The molecule has 226 valence electrons. The van der Waals surface area contributed by atoms with Crippen molar-refractivity contribution in [3.63, 3.8) is 0 Å². The summed E-state index contributed by atoms with van der Waals surface area (Å²) < 4.78 is 31.8. The summed E-state index contributed by atoms with van der Waals surface area (Å²) in [5, 5.41) is 0. The molecule has 1 unspecified atom stereocenters. The van der Waals surface area contributed by atoms with E-state index >= 15 is 0 Å². The average molecular weight is 577 g/mol. The van der Waals surface area contributed by atoms with Crippen molar-refractivity contribution < 1.29 is 22.7 Å². The number of sulfonamides is 1. The lowest BCUT2D eigenvalue weighted by Crippen LogP contribution is -2.66. The summed E-state index contributed by atoms with van der Waals surface area (Å²) in [6.45, 7) is 16.0. The molecule has 0 bridgehead atoms. The van der Waals surface area contributed by atoms with Crippen LogP contribution in [0.1, 0.15) is 106 Å². The molecule has 0 aliphatic heterocycles. The van der Waals surface area contributed by atoms with Crippen molar-refractivity contribution in [2.24, 2.45) is 56.0 Å². The molecule has 8 heteroatoms. The highest BCUT2D eigenvalue weighted by molar-refractivity contribution is 7.88. The van der Waals surface area contributed by atoms with E-state index < -0.39 is 15.4 Å². The largest absolute Gasteiger partial charge is 0.369 e. The Morgan fingerprint density at radius 1 is 1.00 bits per heavy atom. The van der Waals surface area contributed by atoms with Crippen molar-refractivity contribution in [1.82, 2.24) is 4.72 Å². The van der Waals surface area contributed by atoms with Crippen molar-refractivity contribution >= 4 is 21.7 Å². The van der Waals surface area contributed by atoms with E-state index in [1.165, 1.54) is 5.57 Å². The average Bonchev–Trinajstić information content (AvgIpc) is 2.82. The fraction of sp³-hybridized carbons (Fsp3) is 0.875. The van der Waals surface area contributed by atoms with Crippen LogP contribution in [0.25, 0.3) is 0 Å². The van der Waals surface area contributed by atoms with Crippen LogP contribution in [0.4, 0.5) is 0 Å². The van der Waals surface area contributed by atoms with Gasteiger partial charge in [-0.25, -0.2) is 8.42 Å². The van der Waals surface area contributed by atoms with E-state index in [1.807, 2.05) is 13.0 Å². The molecule has 4 fully saturated rings. The van der Waals surface area contributed by atoms with Gasteiger partial charge in [0.2, 0.25) is 15.9 Å². The maximum atomic E-state index is 14.5. The maximum Gasteiger partial charge on any atom is 0.223 e. The smallest absolute Gasteiger partial charge is 0.223 e. The zero-order valence-corrected chi connectivity index (χ0v) is 26.8. The molecule has 0 aromatic heterocycles. The minimum Gasteiger partial charge on any atom is -0.369 e. The van der Waals surface area contributed by atoms with Gasteiger partial charge in [-0.05, 0) is 103 Å². The Morgan fingerprint density at radius 2 is 1.65 bits per heavy atom. The molecule has 0 radical (unpaired) electrons. The minimum absolute atomic E-state index is 0.0228. The Hall–Kier alpha value is -1.25. The van der Waals surface area contributed by atoms with E-state index in [4.69, 9.17) is 10.5 Å². The van der Waals surface area contributed by atoms with Crippen LogP contribution < -0.4 is 10.5 Å². The number of hydrogen-bond donors (Lipinski definition) is 2. The molecule has 4 saturated carbocycles. The summed E-state index contributed by atoms with van der Waals surface area (Å²) in [6.07, 6.45) is 11.5. The van der Waals surface area contributed by atoms with Crippen LogP contribution in [0.3, 0.4) is 0 Å². The number of allylic oxidation sites excluding steroid dienone is 2. The molecule has 0 spiro atoms. The number of carbonyl (C=O) groups is 2. The molecule has 5 aliphatic rings. The zero-order chi connectivity index (χ0) is 29.7. The molecular formula is C32H52N2O5S. The van der Waals surface area contributed by atoms with Crippen molar-refractivity contribution in [2.75, 3.05) is 13.0 Å². The van der Waals surface area contributed by atoms with Crippen molar-refractivity contribution in [3.05, 3.63) is 11.6 Å². The van der Waals surface area contributed by atoms with Gasteiger partial charge in [0.1, 0.15) is 6.73 Å². The molecule has 7 nitrogen and oxygen atoms in total. The third-order valence-corrected chi connectivity index (χ3v) is 14.4. The summed E-state index contributed by atoms with van der Waals surface area (Å²) in [5.74, 6) is 0.477. The summed E-state index contributed by atoms with van der Waals surface area (Å²) in [4.78, 5) is 27.0. The summed E-state index contributed by atoms with van der Waals surface area (Å²) in [5.41, 5.74) is 6.17. The number of hydrogen-bond acceptors (Lipinski definition) is 5. The first-order valence-electron chi connectivity index (χ1n) is 15.4. The summed E-state index contributed by atoms with van der Waals surface area (Å²) >= 11 is 0. The number of amides is 1. The zero-order valence-electron chi connectivity index (χ0n) is 26.0. The number of primary amides is 1.